The van der Waals surface area contributed by atoms with E-state index in [9.17, 15) is 18.0 Å². The second-order valence-electron chi connectivity index (χ2n) is 8.26. The van der Waals surface area contributed by atoms with E-state index in [1.807, 2.05) is 17.1 Å². The number of sulfone groups is 1. The van der Waals surface area contributed by atoms with Gasteiger partial charge in [0.15, 0.2) is 21.3 Å². The largest absolute Gasteiger partial charge is 0.377 e. The van der Waals surface area contributed by atoms with Crippen LogP contribution in [0, 0.1) is 5.92 Å². The number of morpholine rings is 1. The maximum absolute atomic E-state index is 12.7. The van der Waals surface area contributed by atoms with Crippen LogP contribution >= 0.6 is 0 Å². The Morgan fingerprint density at radius 3 is 2.74 bits per heavy atom. The Morgan fingerprint density at radius 2 is 2.06 bits per heavy atom. The summed E-state index contributed by atoms with van der Waals surface area (Å²) in [5.41, 5.74) is 0.0628. The van der Waals surface area contributed by atoms with Crippen molar-refractivity contribution in [3.8, 4) is 0 Å². The minimum Gasteiger partial charge on any atom is -0.377 e. The van der Waals surface area contributed by atoms with Crippen LogP contribution in [0.5, 0.6) is 0 Å². The monoisotopic (exact) mass is 492 g/mol. The van der Waals surface area contributed by atoms with Crippen LogP contribution in [-0.2, 0) is 19.4 Å². The number of hydrogen-bond donors (Lipinski definition) is 3. The number of hydrogen-bond acceptors (Lipinski definition) is 10. The number of nitrogens with zero attached hydrogens (tertiary/aromatic N) is 4. The Morgan fingerprint density at radius 1 is 1.26 bits per heavy atom. The van der Waals surface area contributed by atoms with Gasteiger partial charge < -0.3 is 25.6 Å². The van der Waals surface area contributed by atoms with Gasteiger partial charge in [-0.1, -0.05) is 0 Å². The molecule has 2 aliphatic rings. The molecule has 0 bridgehead atoms. The van der Waals surface area contributed by atoms with Gasteiger partial charge in [-0.05, 0) is 25.8 Å². The van der Waals surface area contributed by atoms with E-state index in [4.69, 9.17) is 8.85 Å². The fourth-order valence-electron chi connectivity index (χ4n) is 3.55. The summed E-state index contributed by atoms with van der Waals surface area (Å²) in [6.45, 7) is 0.659. The molecule has 1 atom stereocenters. The molecule has 2 aromatic rings. The van der Waals surface area contributed by atoms with Crippen LogP contribution in [-0.4, -0.2) is 74.4 Å². The van der Waals surface area contributed by atoms with E-state index >= 15 is 0 Å². The quantitative estimate of drug-likeness (QED) is 0.509. The minimum absolute atomic E-state index is 0.000939. The van der Waals surface area contributed by atoms with Gasteiger partial charge in [-0.2, -0.15) is 0 Å². The summed E-state index contributed by atoms with van der Waals surface area (Å²) < 4.78 is 52.8. The Hall–Kier alpha value is -3.32. The second-order valence-corrected chi connectivity index (χ2v) is 10.2. The molecule has 1 aliphatic heterocycles. The average molecular weight is 493 g/mol. The topological polar surface area (TPSA) is 156 Å². The molecule has 1 saturated heterocycles. The van der Waals surface area contributed by atoms with Crippen molar-refractivity contribution < 1.29 is 26.9 Å². The summed E-state index contributed by atoms with van der Waals surface area (Å²) in [6, 6.07) is 2.74. The molecule has 3 N–H and O–H groups in total. The lowest BCUT2D eigenvalue weighted by Gasteiger charge is -2.35. The zero-order valence-electron chi connectivity index (χ0n) is 21.7. The van der Waals surface area contributed by atoms with E-state index in [2.05, 4.69) is 25.8 Å². The Kier molecular flexibility index (Phi) is 5.62. The maximum atomic E-state index is 12.7. The highest BCUT2D eigenvalue weighted by atomic mass is 32.2. The van der Waals surface area contributed by atoms with Gasteiger partial charge in [0.1, 0.15) is 10.7 Å². The standard InChI is InChI=1S/C21H27N7O5S/c1-12-11-33-7-6-28(12)14-8-16(34(3,31)32)19(23-10-14)24-15-9-17(25-20(29)13-4-5-13)26-27-18(15)21(30)22-2/h8-10,12-13H,4-7,11H2,1-3H3,(H,22,30)(H2,23,24,25,26,29)/t12-/m1/s1/i2D3. The van der Waals surface area contributed by atoms with Crippen LogP contribution in [0.1, 0.15) is 34.4 Å². The molecule has 2 fully saturated rings. The van der Waals surface area contributed by atoms with Crippen molar-refractivity contribution in [2.45, 2.75) is 30.7 Å². The van der Waals surface area contributed by atoms with E-state index in [0.717, 1.165) is 19.1 Å². The fraction of sp³-hybridized carbons (Fsp3) is 0.476. The first-order valence-electron chi connectivity index (χ1n) is 12.1. The highest BCUT2D eigenvalue weighted by Gasteiger charge is 2.30. The van der Waals surface area contributed by atoms with Gasteiger partial charge in [-0.25, -0.2) is 13.4 Å². The molecule has 0 aromatic carbocycles. The number of aromatic nitrogens is 3. The lowest BCUT2D eigenvalue weighted by Crippen LogP contribution is -2.43. The average Bonchev–Trinajstić information content (AvgIpc) is 3.64. The Bertz CT molecular complexity index is 1320. The Labute approximate surface area is 201 Å². The molecule has 2 amide bonds. The van der Waals surface area contributed by atoms with Gasteiger partial charge in [0.25, 0.3) is 5.91 Å². The smallest absolute Gasteiger partial charge is 0.273 e. The molecule has 1 aliphatic carbocycles. The van der Waals surface area contributed by atoms with Gasteiger partial charge >= 0.3 is 0 Å². The van der Waals surface area contributed by atoms with Crippen LogP contribution in [0.4, 0.5) is 23.0 Å². The van der Waals surface area contributed by atoms with Gasteiger partial charge in [0, 0.05) is 41.9 Å². The molecule has 13 heteroatoms. The molecule has 0 unspecified atom stereocenters. The number of amides is 2. The maximum Gasteiger partial charge on any atom is 0.273 e. The zero-order chi connectivity index (χ0) is 27.0. The molecule has 34 heavy (non-hydrogen) atoms. The van der Waals surface area contributed by atoms with Crippen molar-refractivity contribution in [2.75, 3.05) is 48.5 Å². The van der Waals surface area contributed by atoms with E-state index < -0.39 is 28.4 Å². The van der Waals surface area contributed by atoms with Crippen molar-refractivity contribution in [1.29, 1.82) is 0 Å². The highest BCUT2D eigenvalue weighted by Crippen LogP contribution is 2.32. The van der Waals surface area contributed by atoms with E-state index in [0.29, 0.717) is 25.4 Å². The number of carbonyl (C=O) groups is 2. The van der Waals surface area contributed by atoms with Crippen LogP contribution in [0.15, 0.2) is 23.2 Å². The van der Waals surface area contributed by atoms with Crippen molar-refractivity contribution in [3.05, 3.63) is 24.0 Å². The molecular formula is C21H27N7O5S. The number of nitrogens with one attached hydrogen (secondary N) is 3. The lowest BCUT2D eigenvalue weighted by molar-refractivity contribution is -0.117. The first kappa shape index (κ1) is 20.1. The number of carbonyl (C=O) groups excluding carboxylic acids is 2. The normalized spacial score (nSPS) is 20.0. The lowest BCUT2D eigenvalue weighted by atomic mass is 10.2. The summed E-state index contributed by atoms with van der Waals surface area (Å²) in [6.07, 6.45) is 4.01. The van der Waals surface area contributed by atoms with Gasteiger partial charge in [-0.15, -0.1) is 10.2 Å². The van der Waals surface area contributed by atoms with Crippen molar-refractivity contribution in [1.82, 2.24) is 20.5 Å². The molecule has 1 saturated carbocycles. The number of anilines is 4. The van der Waals surface area contributed by atoms with Gasteiger partial charge in [-0.3, -0.25) is 9.59 Å². The molecule has 2 aromatic heterocycles. The SMILES string of the molecule is [2H]C([2H])([2H])NC(=O)c1nnc(NC(=O)C2CC2)cc1Nc1ncc(N2CCOC[C@H]2C)cc1S(C)(=O)=O. The van der Waals surface area contributed by atoms with Crippen molar-refractivity contribution >= 4 is 44.7 Å². The predicted molar refractivity (Wildman–Crippen MR) is 125 cm³/mol. The molecular weight excluding hydrogens is 462 g/mol. The van der Waals surface area contributed by atoms with Crippen molar-refractivity contribution in [3.63, 3.8) is 0 Å². The Balaban J connectivity index is 1.72. The minimum atomic E-state index is -3.81. The molecule has 0 spiro atoms. The first-order chi connectivity index (χ1) is 17.3. The predicted octanol–water partition coefficient (Wildman–Crippen LogP) is 0.952. The van der Waals surface area contributed by atoms with E-state index in [-0.39, 0.29) is 40.1 Å². The summed E-state index contributed by atoms with van der Waals surface area (Å²) >= 11 is 0. The van der Waals surface area contributed by atoms with Gasteiger partial charge in [0.2, 0.25) is 5.91 Å². The molecule has 4 rings (SSSR count). The molecule has 182 valence electrons. The zero-order valence-corrected chi connectivity index (χ0v) is 19.5. The van der Waals surface area contributed by atoms with Gasteiger partial charge in [0.05, 0.1) is 30.8 Å². The molecule has 3 heterocycles. The number of ether oxygens (including phenoxy) is 1. The first-order valence-corrected chi connectivity index (χ1v) is 12.5. The van der Waals surface area contributed by atoms with E-state index in [1.165, 1.54) is 18.3 Å². The van der Waals surface area contributed by atoms with Crippen LogP contribution < -0.4 is 20.9 Å². The highest BCUT2D eigenvalue weighted by molar-refractivity contribution is 7.90. The van der Waals surface area contributed by atoms with Crippen LogP contribution in [0.25, 0.3) is 0 Å². The molecule has 0 radical (unpaired) electrons. The fourth-order valence-corrected chi connectivity index (χ4v) is 4.34. The summed E-state index contributed by atoms with van der Waals surface area (Å²) in [5.74, 6) is -1.58. The van der Waals surface area contributed by atoms with Crippen molar-refractivity contribution in [2.24, 2.45) is 5.92 Å². The summed E-state index contributed by atoms with van der Waals surface area (Å²) in [4.78, 5) is 31.0. The van der Waals surface area contributed by atoms with Crippen LogP contribution in [0.3, 0.4) is 0 Å². The number of rotatable bonds is 7. The number of pyridine rings is 1. The summed E-state index contributed by atoms with van der Waals surface area (Å²) in [7, 11) is -3.81. The third kappa shape index (κ3) is 5.25. The third-order valence-corrected chi connectivity index (χ3v) is 6.62. The third-order valence-electron chi connectivity index (χ3n) is 5.51. The second kappa shape index (κ2) is 9.50. The van der Waals surface area contributed by atoms with E-state index in [1.54, 1.807) is 0 Å². The van der Waals surface area contributed by atoms with Crippen LogP contribution in [0.2, 0.25) is 0 Å². The molecule has 12 nitrogen and oxygen atoms in total. The summed E-state index contributed by atoms with van der Waals surface area (Å²) in [5, 5.41) is 14.8.